The molecule has 1 fully saturated rings. The molecule has 3 aliphatic heterocycles. The van der Waals surface area contributed by atoms with Crippen LogP contribution < -0.4 is 30.5 Å². The number of ether oxygens (including phenoxy) is 2. The van der Waals surface area contributed by atoms with Gasteiger partial charge in [0.2, 0.25) is 6.79 Å². The Bertz CT molecular complexity index is 1840. The lowest BCUT2D eigenvalue weighted by Crippen LogP contribution is -2.67. The molecular formula is C40H45F4N3O3Si. The van der Waals surface area contributed by atoms with E-state index in [1.807, 2.05) is 81.4 Å². The van der Waals surface area contributed by atoms with Gasteiger partial charge in [0.15, 0.2) is 11.5 Å². The van der Waals surface area contributed by atoms with Gasteiger partial charge in [0.25, 0.3) is 14.2 Å². The number of rotatable bonds is 10. The number of hydrogen-bond donors (Lipinski definition) is 2. The Morgan fingerprint density at radius 1 is 0.941 bits per heavy atom. The Balaban J connectivity index is 1.25. The zero-order chi connectivity index (χ0) is 36.8. The van der Waals surface area contributed by atoms with Crippen molar-refractivity contribution in [3.63, 3.8) is 0 Å². The second kappa shape index (κ2) is 13.9. The quantitative estimate of drug-likeness (QED) is 0.136. The number of anilines is 1. The number of nitrogens with one attached hydrogen (secondary N) is 2. The van der Waals surface area contributed by atoms with Gasteiger partial charge in [-0.05, 0) is 77.1 Å². The van der Waals surface area contributed by atoms with E-state index in [1.54, 1.807) is 19.1 Å². The molecule has 1 saturated heterocycles. The minimum Gasteiger partial charge on any atom is -0.454 e. The minimum atomic E-state index is -3.41. The number of fused-ring (bicyclic) bond motifs is 2. The first-order valence-electron chi connectivity index (χ1n) is 18.1. The highest BCUT2D eigenvalue weighted by Crippen LogP contribution is 2.47. The van der Waals surface area contributed by atoms with E-state index < -0.39 is 62.7 Å². The highest BCUT2D eigenvalue weighted by molar-refractivity contribution is 6.99. The van der Waals surface area contributed by atoms with E-state index in [4.69, 9.17) is 15.3 Å². The summed E-state index contributed by atoms with van der Waals surface area (Å²) in [5.74, 6) is -4.20. The maximum atomic E-state index is 16.7. The van der Waals surface area contributed by atoms with Crippen LogP contribution in [0.2, 0.25) is 5.04 Å². The largest absolute Gasteiger partial charge is 0.454 e. The SMILES string of the molecule is [2H]C1C[C@H](Nc2cc(F)c([C@@H]3c4cc5c(cc4C[C@@H](C)N3CC(F)(F)CO[Si](c3ccccc3)(c3ccccc3)C(C)(C)C)OCO5)c(F)c2)CN1. The molecule has 1 unspecified atom stereocenters. The van der Waals surface area contributed by atoms with Crippen molar-refractivity contribution in [1.82, 2.24) is 10.2 Å². The van der Waals surface area contributed by atoms with Crippen LogP contribution in [0.25, 0.3) is 0 Å². The topological polar surface area (TPSA) is 55.0 Å². The summed E-state index contributed by atoms with van der Waals surface area (Å²) in [6.07, 6.45) is 0.838. The van der Waals surface area contributed by atoms with Crippen LogP contribution in [-0.2, 0) is 10.8 Å². The molecule has 3 aliphatic rings. The first kappa shape index (κ1) is 34.2. The van der Waals surface area contributed by atoms with E-state index in [2.05, 4.69) is 10.6 Å². The molecule has 0 amide bonds. The van der Waals surface area contributed by atoms with E-state index in [0.717, 1.165) is 15.9 Å². The molecule has 4 atom stereocenters. The van der Waals surface area contributed by atoms with Gasteiger partial charge in [-0.1, -0.05) is 81.4 Å². The molecule has 3 heterocycles. The third kappa shape index (κ3) is 6.89. The summed E-state index contributed by atoms with van der Waals surface area (Å²) >= 11 is 0. The maximum Gasteiger partial charge on any atom is 0.282 e. The van der Waals surface area contributed by atoms with E-state index >= 15 is 17.6 Å². The van der Waals surface area contributed by atoms with E-state index in [9.17, 15) is 0 Å². The van der Waals surface area contributed by atoms with Crippen LogP contribution >= 0.6 is 0 Å². The Labute approximate surface area is 299 Å². The van der Waals surface area contributed by atoms with Gasteiger partial charge in [-0.15, -0.1) is 0 Å². The van der Waals surface area contributed by atoms with Gasteiger partial charge in [0.1, 0.15) is 11.6 Å². The molecule has 7 rings (SSSR count). The molecule has 51 heavy (non-hydrogen) atoms. The Morgan fingerprint density at radius 3 is 2.12 bits per heavy atom. The Kier molecular flexibility index (Phi) is 9.33. The zero-order valence-electron chi connectivity index (χ0n) is 30.3. The molecule has 0 bridgehead atoms. The van der Waals surface area contributed by atoms with Crippen LogP contribution in [0.3, 0.4) is 0 Å². The van der Waals surface area contributed by atoms with Crippen molar-refractivity contribution in [1.29, 1.82) is 0 Å². The predicted molar refractivity (Wildman–Crippen MR) is 194 cm³/mol. The number of benzene rings is 4. The summed E-state index contributed by atoms with van der Waals surface area (Å²) in [6.45, 7) is 6.22. The summed E-state index contributed by atoms with van der Waals surface area (Å²) in [4.78, 5) is 1.50. The highest BCUT2D eigenvalue weighted by atomic mass is 28.4. The fraction of sp³-hybridized carbons (Fsp3) is 0.400. The van der Waals surface area contributed by atoms with Crippen LogP contribution in [0.1, 0.15) is 58.2 Å². The molecule has 4 aromatic rings. The molecule has 11 heteroatoms. The Hall–Kier alpha value is -3.90. The zero-order valence-corrected chi connectivity index (χ0v) is 30.3. The predicted octanol–water partition coefficient (Wildman–Crippen LogP) is 7.02. The van der Waals surface area contributed by atoms with Gasteiger partial charge in [-0.3, -0.25) is 4.90 Å². The molecule has 270 valence electrons. The van der Waals surface area contributed by atoms with Crippen LogP contribution in [0.15, 0.2) is 84.9 Å². The molecule has 0 spiro atoms. The average molecular weight is 721 g/mol. The van der Waals surface area contributed by atoms with Crippen molar-refractivity contribution < 1.29 is 32.8 Å². The van der Waals surface area contributed by atoms with Crippen LogP contribution in [0.4, 0.5) is 23.2 Å². The molecule has 6 nitrogen and oxygen atoms in total. The highest BCUT2D eigenvalue weighted by Gasteiger charge is 2.52. The standard InChI is InChI=1S/C40H45F4N3O3Si/c1-26-17-27-18-35-36(49-25-48-35)21-32(27)38(37-33(41)19-29(20-34(37)42)46-28-15-16-45-22-28)47(26)23-40(43,44)24-50-51(39(2,3)4,30-11-7-5-8-12-30)31-13-9-6-10-14-31/h5-14,18-21,26,28,38,45-46H,15-17,22-25H2,1-4H3/t26-,28+,38+/m1/s1/i16D/t16?,26-,28+,38+. The minimum absolute atomic E-state index is 0.00188. The normalized spacial score (nSPS) is 22.5. The van der Waals surface area contributed by atoms with Crippen LogP contribution in [0, 0.1) is 11.6 Å². The summed E-state index contributed by atoms with van der Waals surface area (Å²) in [5.41, 5.74) is 1.15. The summed E-state index contributed by atoms with van der Waals surface area (Å²) in [5, 5.41) is 7.35. The van der Waals surface area contributed by atoms with Crippen molar-refractivity contribution >= 4 is 24.4 Å². The number of hydrogen-bond acceptors (Lipinski definition) is 6. The molecule has 0 saturated carbocycles. The van der Waals surface area contributed by atoms with Gasteiger partial charge in [0, 0.05) is 31.3 Å². The lowest BCUT2D eigenvalue weighted by atomic mass is 9.84. The molecule has 2 N–H and O–H groups in total. The lowest BCUT2D eigenvalue weighted by molar-refractivity contribution is -0.0823. The average Bonchev–Trinajstić information content (AvgIpc) is 3.73. The third-order valence-electron chi connectivity index (χ3n) is 10.3. The lowest BCUT2D eigenvalue weighted by Gasteiger charge is -2.46. The first-order chi connectivity index (χ1) is 24.8. The molecule has 0 aromatic heterocycles. The number of nitrogens with zero attached hydrogens (tertiary/aromatic N) is 1. The number of halogens is 4. The maximum absolute atomic E-state index is 16.7. The smallest absolute Gasteiger partial charge is 0.282 e. The Morgan fingerprint density at radius 2 is 1.55 bits per heavy atom. The third-order valence-corrected chi connectivity index (χ3v) is 15.3. The molecule has 0 radical (unpaired) electrons. The van der Waals surface area contributed by atoms with Crippen molar-refractivity contribution in [3.05, 3.63) is 113 Å². The number of alkyl halides is 2. The second-order valence-electron chi connectivity index (χ2n) is 14.9. The van der Waals surface area contributed by atoms with Gasteiger partial charge in [-0.2, -0.15) is 0 Å². The van der Waals surface area contributed by atoms with E-state index in [0.29, 0.717) is 36.4 Å². The van der Waals surface area contributed by atoms with E-state index in [1.165, 1.54) is 17.0 Å². The molecule has 4 aromatic carbocycles. The van der Waals surface area contributed by atoms with Crippen molar-refractivity contribution in [3.8, 4) is 11.5 Å². The first-order valence-corrected chi connectivity index (χ1v) is 19.4. The second-order valence-corrected chi connectivity index (χ2v) is 19.2. The van der Waals surface area contributed by atoms with Crippen molar-refractivity contribution in [2.45, 2.75) is 69.6 Å². The van der Waals surface area contributed by atoms with Gasteiger partial charge in [-0.25, -0.2) is 17.6 Å². The van der Waals surface area contributed by atoms with Crippen LogP contribution in [0.5, 0.6) is 11.5 Å². The van der Waals surface area contributed by atoms with E-state index in [-0.39, 0.29) is 24.1 Å². The van der Waals surface area contributed by atoms with Gasteiger partial charge in [0.05, 0.1) is 19.2 Å². The van der Waals surface area contributed by atoms with Crippen LogP contribution in [-0.4, -0.2) is 64.2 Å². The van der Waals surface area contributed by atoms with Crippen molar-refractivity contribution in [2.24, 2.45) is 0 Å². The molecule has 0 aliphatic carbocycles. The summed E-state index contributed by atoms with van der Waals surface area (Å²) in [6, 6.07) is 23.2. The fourth-order valence-electron chi connectivity index (χ4n) is 7.97. The van der Waals surface area contributed by atoms with Gasteiger partial charge < -0.3 is 24.5 Å². The fourth-order valence-corrected chi connectivity index (χ4v) is 12.5. The molecular weight excluding hydrogens is 675 g/mol. The summed E-state index contributed by atoms with van der Waals surface area (Å²) in [7, 11) is -3.31. The monoisotopic (exact) mass is 720 g/mol. The van der Waals surface area contributed by atoms with Gasteiger partial charge >= 0.3 is 0 Å². The van der Waals surface area contributed by atoms with Crippen molar-refractivity contribution in [2.75, 3.05) is 38.3 Å². The summed E-state index contributed by atoms with van der Waals surface area (Å²) < 4.78 is 92.0.